The minimum atomic E-state index is -0.788. The molecule has 3 heterocycles. The van der Waals surface area contributed by atoms with Gasteiger partial charge in [-0.1, -0.05) is 30.3 Å². The zero-order valence-corrected chi connectivity index (χ0v) is 16.6. The number of urea groups is 1. The summed E-state index contributed by atoms with van der Waals surface area (Å²) in [6.07, 6.45) is 6.04. The summed E-state index contributed by atoms with van der Waals surface area (Å²) >= 11 is 0. The number of nitrogens with zero attached hydrogens (tertiary/aromatic N) is 3. The Bertz CT molecular complexity index is 1010. The van der Waals surface area contributed by atoms with Gasteiger partial charge < -0.3 is 19.9 Å². The van der Waals surface area contributed by atoms with Crippen molar-refractivity contribution < 1.29 is 14.3 Å². The highest BCUT2D eigenvalue weighted by atomic mass is 16.5. The molecule has 2 aromatic heterocycles. The molecule has 1 unspecified atom stereocenters. The minimum Gasteiger partial charge on any atom is -0.467 e. The number of pyridine rings is 1. The van der Waals surface area contributed by atoms with Crippen LogP contribution in [0.25, 0.3) is 0 Å². The molecule has 1 aliphatic heterocycles. The third kappa shape index (κ3) is 4.03. The maximum Gasteiger partial charge on any atom is 0.328 e. The molecule has 3 aromatic rings. The third-order valence-corrected chi connectivity index (χ3v) is 5.27. The fraction of sp³-hybridized carbons (Fsp3) is 0.273. The molecule has 8 nitrogen and oxygen atoms in total. The van der Waals surface area contributed by atoms with E-state index in [9.17, 15) is 9.59 Å². The van der Waals surface area contributed by atoms with E-state index < -0.39 is 12.0 Å². The molecule has 0 radical (unpaired) electrons. The lowest BCUT2D eigenvalue weighted by Crippen LogP contribution is -2.52. The number of esters is 1. The Kier molecular flexibility index (Phi) is 5.74. The van der Waals surface area contributed by atoms with Crippen LogP contribution < -0.4 is 5.32 Å². The first-order chi connectivity index (χ1) is 14.7. The SMILES string of the molecule is COC(=O)[C@H](Cc1ccccc1)NC(=O)N1CCc2[nH]cnc2C1c1ccncc1. The van der Waals surface area contributed by atoms with Crippen molar-refractivity contribution >= 4 is 12.0 Å². The number of rotatable bonds is 5. The summed E-state index contributed by atoms with van der Waals surface area (Å²) in [6, 6.07) is 11.8. The number of aromatic nitrogens is 3. The van der Waals surface area contributed by atoms with E-state index in [1.807, 2.05) is 42.5 Å². The monoisotopic (exact) mass is 405 g/mol. The summed E-state index contributed by atoms with van der Waals surface area (Å²) in [4.78, 5) is 39.0. The van der Waals surface area contributed by atoms with Crippen molar-refractivity contribution in [2.75, 3.05) is 13.7 Å². The maximum absolute atomic E-state index is 13.3. The van der Waals surface area contributed by atoms with E-state index in [2.05, 4.69) is 20.3 Å². The number of H-pyrrole nitrogens is 1. The Balaban J connectivity index is 1.59. The second-order valence-electron chi connectivity index (χ2n) is 7.11. The number of hydrogen-bond acceptors (Lipinski definition) is 5. The van der Waals surface area contributed by atoms with Gasteiger partial charge in [-0.15, -0.1) is 0 Å². The highest BCUT2D eigenvalue weighted by Gasteiger charge is 2.35. The van der Waals surface area contributed by atoms with Crippen LogP contribution in [0.3, 0.4) is 0 Å². The van der Waals surface area contributed by atoms with E-state index in [-0.39, 0.29) is 12.1 Å². The molecule has 0 spiro atoms. The van der Waals surface area contributed by atoms with Gasteiger partial charge in [0.15, 0.2) is 0 Å². The first-order valence-corrected chi connectivity index (χ1v) is 9.78. The van der Waals surface area contributed by atoms with Crippen LogP contribution in [-0.2, 0) is 22.4 Å². The number of nitrogens with one attached hydrogen (secondary N) is 2. The molecule has 8 heteroatoms. The number of amides is 2. The predicted octanol–water partition coefficient (Wildman–Crippen LogP) is 2.25. The van der Waals surface area contributed by atoms with Gasteiger partial charge in [0.25, 0.3) is 0 Å². The van der Waals surface area contributed by atoms with Crippen LogP contribution in [0.2, 0.25) is 0 Å². The Morgan fingerprint density at radius 2 is 2.00 bits per heavy atom. The van der Waals surface area contributed by atoms with Gasteiger partial charge in [0.2, 0.25) is 0 Å². The molecule has 1 aromatic carbocycles. The highest BCUT2D eigenvalue weighted by molar-refractivity contribution is 5.84. The number of methoxy groups -OCH3 is 1. The van der Waals surface area contributed by atoms with E-state index in [1.54, 1.807) is 23.6 Å². The van der Waals surface area contributed by atoms with Gasteiger partial charge in [0, 0.05) is 37.5 Å². The average Bonchev–Trinajstić information content (AvgIpc) is 3.27. The van der Waals surface area contributed by atoms with Gasteiger partial charge in [-0.05, 0) is 23.3 Å². The lowest BCUT2D eigenvalue weighted by molar-refractivity contribution is -0.142. The number of hydrogen-bond donors (Lipinski definition) is 2. The smallest absolute Gasteiger partial charge is 0.328 e. The molecule has 0 aliphatic carbocycles. The molecule has 154 valence electrons. The summed E-state index contributed by atoms with van der Waals surface area (Å²) < 4.78 is 4.93. The zero-order valence-electron chi connectivity index (χ0n) is 16.6. The van der Waals surface area contributed by atoms with Crippen LogP contribution in [0.4, 0.5) is 4.79 Å². The Labute approximate surface area is 174 Å². The van der Waals surface area contributed by atoms with Gasteiger partial charge >= 0.3 is 12.0 Å². The Morgan fingerprint density at radius 1 is 1.23 bits per heavy atom. The third-order valence-electron chi connectivity index (χ3n) is 5.27. The molecule has 1 aliphatic rings. The quantitative estimate of drug-likeness (QED) is 0.634. The van der Waals surface area contributed by atoms with Crippen molar-refractivity contribution in [3.63, 3.8) is 0 Å². The average molecular weight is 405 g/mol. The van der Waals surface area contributed by atoms with Crippen molar-refractivity contribution in [1.82, 2.24) is 25.2 Å². The predicted molar refractivity (Wildman–Crippen MR) is 110 cm³/mol. The van der Waals surface area contributed by atoms with Crippen molar-refractivity contribution in [2.24, 2.45) is 0 Å². The number of carbonyl (C=O) groups excluding carboxylic acids is 2. The molecule has 0 fully saturated rings. The number of carbonyl (C=O) groups is 2. The summed E-state index contributed by atoms with van der Waals surface area (Å²) in [5.41, 5.74) is 3.66. The van der Waals surface area contributed by atoms with Crippen LogP contribution in [0.15, 0.2) is 61.2 Å². The molecule has 2 amide bonds. The number of benzene rings is 1. The topological polar surface area (TPSA) is 100 Å². The molecule has 0 bridgehead atoms. The summed E-state index contributed by atoms with van der Waals surface area (Å²) in [7, 11) is 1.32. The molecule has 4 rings (SSSR count). The van der Waals surface area contributed by atoms with Crippen LogP contribution in [-0.4, -0.2) is 51.5 Å². The number of aromatic amines is 1. The van der Waals surface area contributed by atoms with Crippen LogP contribution in [0, 0.1) is 0 Å². The molecular formula is C22H23N5O3. The summed E-state index contributed by atoms with van der Waals surface area (Å²) in [5, 5.41) is 2.87. The van der Waals surface area contributed by atoms with Gasteiger partial charge in [-0.25, -0.2) is 14.6 Å². The normalized spacial score (nSPS) is 16.4. The second kappa shape index (κ2) is 8.77. The van der Waals surface area contributed by atoms with Crippen molar-refractivity contribution in [2.45, 2.75) is 24.9 Å². The van der Waals surface area contributed by atoms with E-state index in [0.717, 1.165) is 22.5 Å². The zero-order chi connectivity index (χ0) is 20.9. The molecule has 2 atom stereocenters. The van der Waals surface area contributed by atoms with Gasteiger partial charge in [0.1, 0.15) is 12.1 Å². The van der Waals surface area contributed by atoms with Crippen molar-refractivity contribution in [3.8, 4) is 0 Å². The van der Waals surface area contributed by atoms with E-state index in [4.69, 9.17) is 4.74 Å². The van der Waals surface area contributed by atoms with E-state index in [1.165, 1.54) is 7.11 Å². The standard InChI is InChI=1S/C22H23N5O3/c1-30-21(28)18(13-15-5-3-2-4-6-15)26-22(29)27-12-9-17-19(25-14-24-17)20(27)16-7-10-23-11-8-16/h2-8,10-11,14,18,20H,9,12-13H2,1H3,(H,24,25)(H,26,29)/t18-,20?/m0/s1. The van der Waals surface area contributed by atoms with Gasteiger partial charge in [-0.2, -0.15) is 0 Å². The second-order valence-corrected chi connectivity index (χ2v) is 7.11. The minimum absolute atomic E-state index is 0.336. The molecular weight excluding hydrogens is 382 g/mol. The Morgan fingerprint density at radius 3 is 2.73 bits per heavy atom. The molecule has 30 heavy (non-hydrogen) atoms. The van der Waals surface area contributed by atoms with Crippen LogP contribution >= 0.6 is 0 Å². The first kappa shape index (κ1) is 19.6. The number of fused-ring (bicyclic) bond motifs is 1. The van der Waals surface area contributed by atoms with E-state index >= 15 is 0 Å². The number of ether oxygens (including phenoxy) is 1. The summed E-state index contributed by atoms with van der Waals surface area (Å²) in [6.45, 7) is 0.493. The van der Waals surface area contributed by atoms with E-state index in [0.29, 0.717) is 19.4 Å². The van der Waals surface area contributed by atoms with Crippen LogP contribution in [0.1, 0.15) is 28.6 Å². The lowest BCUT2D eigenvalue weighted by Gasteiger charge is -2.36. The molecule has 0 saturated heterocycles. The summed E-state index contributed by atoms with van der Waals surface area (Å²) in [5.74, 6) is -0.481. The fourth-order valence-corrected chi connectivity index (χ4v) is 3.80. The first-order valence-electron chi connectivity index (χ1n) is 9.78. The Hall–Kier alpha value is -3.68. The highest BCUT2D eigenvalue weighted by Crippen LogP contribution is 2.33. The number of imidazole rings is 1. The van der Waals surface area contributed by atoms with Gasteiger partial charge in [-0.3, -0.25) is 4.98 Å². The van der Waals surface area contributed by atoms with Crippen LogP contribution in [0.5, 0.6) is 0 Å². The lowest BCUT2D eigenvalue weighted by atomic mass is 9.96. The molecule has 2 N–H and O–H groups in total. The maximum atomic E-state index is 13.3. The largest absolute Gasteiger partial charge is 0.467 e. The van der Waals surface area contributed by atoms with Crippen molar-refractivity contribution in [1.29, 1.82) is 0 Å². The van der Waals surface area contributed by atoms with Crippen molar-refractivity contribution in [3.05, 3.63) is 83.7 Å². The molecule has 0 saturated carbocycles. The van der Waals surface area contributed by atoms with Gasteiger partial charge in [0.05, 0.1) is 19.1 Å². The fourth-order valence-electron chi connectivity index (χ4n) is 3.80.